The van der Waals surface area contributed by atoms with Gasteiger partial charge in [0, 0.05) is 5.41 Å². The number of hydrogen-bond acceptors (Lipinski definition) is 1. The Balaban J connectivity index is 2.30. The molecule has 0 amide bonds. The van der Waals surface area contributed by atoms with E-state index < -0.39 is 0 Å². The molecule has 0 unspecified atom stereocenters. The molecule has 0 aromatic heterocycles. The minimum atomic E-state index is 0.0912. The van der Waals surface area contributed by atoms with Crippen molar-refractivity contribution >= 4 is 5.78 Å². The van der Waals surface area contributed by atoms with Gasteiger partial charge in [0.2, 0.25) is 0 Å². The lowest BCUT2D eigenvalue weighted by Crippen LogP contribution is -2.12. The molecule has 0 radical (unpaired) electrons. The number of hydrogen-bond donors (Lipinski definition) is 0. The Morgan fingerprint density at radius 2 is 1.91 bits per heavy atom. The zero-order chi connectivity index (χ0) is 7.73. The molecule has 1 nitrogen and oxygen atoms in total. The summed E-state index contributed by atoms with van der Waals surface area (Å²) in [6, 6.07) is 0. The Morgan fingerprint density at radius 1 is 1.18 bits per heavy atom. The molecule has 0 fully saturated rings. The normalized spacial score (nSPS) is 25.3. The lowest BCUT2D eigenvalue weighted by atomic mass is 9.84. The van der Waals surface area contributed by atoms with Crippen molar-refractivity contribution in [3.63, 3.8) is 0 Å². The van der Waals surface area contributed by atoms with Crippen molar-refractivity contribution in [1.82, 2.24) is 0 Å². The fourth-order valence-electron chi connectivity index (χ4n) is 1.58. The molecule has 0 atom stereocenters. The van der Waals surface area contributed by atoms with Crippen LogP contribution in [0.25, 0.3) is 0 Å². The highest BCUT2D eigenvalue weighted by Gasteiger charge is 2.25. The summed E-state index contributed by atoms with van der Waals surface area (Å²) in [6.07, 6.45) is 13.9. The summed E-state index contributed by atoms with van der Waals surface area (Å²) in [4.78, 5) is 10.8. The first-order chi connectivity index (χ1) is 5.31. The van der Waals surface area contributed by atoms with E-state index in [0.717, 1.165) is 12.8 Å². The summed E-state index contributed by atoms with van der Waals surface area (Å²) in [7, 11) is 0. The smallest absolute Gasteiger partial charge is 0.178 e. The summed E-state index contributed by atoms with van der Waals surface area (Å²) >= 11 is 0. The van der Waals surface area contributed by atoms with Crippen LogP contribution in [0.4, 0.5) is 0 Å². The van der Waals surface area contributed by atoms with Gasteiger partial charge in [-0.15, -0.1) is 0 Å². The van der Waals surface area contributed by atoms with Crippen molar-refractivity contribution in [2.24, 2.45) is 5.41 Å². The average Bonchev–Trinajstić information content (AvgIpc) is 2.45. The largest absolute Gasteiger partial charge is 0.290 e. The molecule has 0 aromatic rings. The molecule has 2 aliphatic carbocycles. The van der Waals surface area contributed by atoms with E-state index in [0.29, 0.717) is 0 Å². The van der Waals surface area contributed by atoms with Gasteiger partial charge in [-0.1, -0.05) is 24.3 Å². The van der Waals surface area contributed by atoms with Crippen molar-refractivity contribution in [2.75, 3.05) is 0 Å². The molecule has 56 valence electrons. The van der Waals surface area contributed by atoms with Crippen LogP contribution in [0.2, 0.25) is 0 Å². The van der Waals surface area contributed by atoms with Crippen LogP contribution in [0.3, 0.4) is 0 Å². The van der Waals surface area contributed by atoms with Crippen LogP contribution in [0.15, 0.2) is 36.5 Å². The third-order valence-corrected chi connectivity index (χ3v) is 2.29. The minimum absolute atomic E-state index is 0.0912. The van der Waals surface area contributed by atoms with E-state index in [-0.39, 0.29) is 11.2 Å². The maximum absolute atomic E-state index is 10.8. The van der Waals surface area contributed by atoms with Gasteiger partial charge in [0.15, 0.2) is 5.78 Å². The van der Waals surface area contributed by atoms with Crippen LogP contribution < -0.4 is 0 Å². The predicted octanol–water partition coefficient (Wildman–Crippen LogP) is 2.02. The molecule has 11 heavy (non-hydrogen) atoms. The van der Waals surface area contributed by atoms with Gasteiger partial charge in [-0.05, 0) is 25.0 Å². The Hall–Kier alpha value is -1.11. The second kappa shape index (κ2) is 2.19. The average molecular weight is 146 g/mol. The molecule has 2 aliphatic rings. The summed E-state index contributed by atoms with van der Waals surface area (Å²) < 4.78 is 0. The van der Waals surface area contributed by atoms with E-state index in [1.54, 1.807) is 12.2 Å². The molecule has 2 rings (SSSR count). The van der Waals surface area contributed by atoms with E-state index in [1.807, 2.05) is 12.2 Å². The first-order valence-corrected chi connectivity index (χ1v) is 3.91. The SMILES string of the molecule is O=C1C=CC2(C=CCC2)C=C1. The van der Waals surface area contributed by atoms with Crippen LogP contribution in [-0.2, 0) is 4.79 Å². The predicted molar refractivity (Wildman–Crippen MR) is 44.1 cm³/mol. The molecule has 0 saturated heterocycles. The monoisotopic (exact) mass is 146 g/mol. The van der Waals surface area contributed by atoms with E-state index in [2.05, 4.69) is 12.2 Å². The minimum Gasteiger partial charge on any atom is -0.290 e. The van der Waals surface area contributed by atoms with Gasteiger partial charge in [-0.25, -0.2) is 0 Å². The van der Waals surface area contributed by atoms with E-state index in [9.17, 15) is 4.79 Å². The summed E-state index contributed by atoms with van der Waals surface area (Å²) in [6.45, 7) is 0. The zero-order valence-electron chi connectivity index (χ0n) is 6.29. The van der Waals surface area contributed by atoms with Crippen LogP contribution in [0.5, 0.6) is 0 Å². The summed E-state index contributed by atoms with van der Waals surface area (Å²) in [5.41, 5.74) is 0.0912. The number of carbonyl (C=O) groups excluding carboxylic acids is 1. The molecule has 0 bridgehead atoms. The molecular weight excluding hydrogens is 136 g/mol. The van der Waals surface area contributed by atoms with E-state index >= 15 is 0 Å². The number of ketones is 1. The Bertz CT molecular complexity index is 253. The van der Waals surface area contributed by atoms with Crippen LogP contribution in [-0.4, -0.2) is 5.78 Å². The quantitative estimate of drug-likeness (QED) is 0.478. The zero-order valence-corrected chi connectivity index (χ0v) is 6.29. The third kappa shape index (κ3) is 1.07. The lowest BCUT2D eigenvalue weighted by molar-refractivity contribution is -0.110. The maximum atomic E-state index is 10.8. The van der Waals surface area contributed by atoms with Gasteiger partial charge in [0.1, 0.15) is 0 Å². The highest BCUT2D eigenvalue weighted by molar-refractivity contribution is 6.00. The third-order valence-electron chi connectivity index (χ3n) is 2.29. The van der Waals surface area contributed by atoms with Crippen molar-refractivity contribution in [3.05, 3.63) is 36.5 Å². The number of carbonyl (C=O) groups is 1. The molecule has 0 heterocycles. The summed E-state index contributed by atoms with van der Waals surface area (Å²) in [5, 5.41) is 0. The van der Waals surface area contributed by atoms with Crippen LogP contribution in [0, 0.1) is 5.41 Å². The summed E-state index contributed by atoms with van der Waals surface area (Å²) in [5.74, 6) is 0.107. The fourth-order valence-corrected chi connectivity index (χ4v) is 1.58. The topological polar surface area (TPSA) is 17.1 Å². The molecule has 0 N–H and O–H groups in total. The highest BCUT2D eigenvalue weighted by atomic mass is 16.1. The van der Waals surface area contributed by atoms with Gasteiger partial charge in [-0.2, -0.15) is 0 Å². The molecule has 0 aromatic carbocycles. The van der Waals surface area contributed by atoms with Crippen molar-refractivity contribution in [3.8, 4) is 0 Å². The van der Waals surface area contributed by atoms with E-state index in [1.165, 1.54) is 0 Å². The second-order valence-electron chi connectivity index (χ2n) is 3.12. The molecule has 0 aliphatic heterocycles. The second-order valence-corrected chi connectivity index (χ2v) is 3.12. The molecular formula is C10H10O. The fraction of sp³-hybridized carbons (Fsp3) is 0.300. The number of allylic oxidation sites excluding steroid dienone is 6. The Morgan fingerprint density at radius 3 is 2.45 bits per heavy atom. The lowest BCUT2D eigenvalue weighted by Gasteiger charge is -2.20. The van der Waals surface area contributed by atoms with Crippen molar-refractivity contribution < 1.29 is 4.79 Å². The maximum Gasteiger partial charge on any atom is 0.178 e. The van der Waals surface area contributed by atoms with Gasteiger partial charge < -0.3 is 0 Å². The van der Waals surface area contributed by atoms with Crippen LogP contribution >= 0.6 is 0 Å². The van der Waals surface area contributed by atoms with Crippen molar-refractivity contribution in [2.45, 2.75) is 12.8 Å². The van der Waals surface area contributed by atoms with Gasteiger partial charge in [0.25, 0.3) is 0 Å². The first kappa shape index (κ1) is 6.59. The number of rotatable bonds is 0. The Kier molecular flexibility index (Phi) is 1.31. The van der Waals surface area contributed by atoms with Crippen molar-refractivity contribution in [1.29, 1.82) is 0 Å². The molecule has 1 heteroatoms. The highest BCUT2D eigenvalue weighted by Crippen LogP contribution is 2.36. The molecule has 1 spiro atoms. The van der Waals surface area contributed by atoms with Gasteiger partial charge in [0.05, 0.1) is 0 Å². The molecule has 0 saturated carbocycles. The van der Waals surface area contributed by atoms with Gasteiger partial charge >= 0.3 is 0 Å². The Labute approximate surface area is 66.1 Å². The van der Waals surface area contributed by atoms with E-state index in [4.69, 9.17) is 0 Å². The first-order valence-electron chi connectivity index (χ1n) is 3.91. The van der Waals surface area contributed by atoms with Crippen LogP contribution in [0.1, 0.15) is 12.8 Å². The standard InChI is InChI=1S/C10H10O/c11-9-3-7-10(8-4-9)5-1-2-6-10/h1,3-5,7-8H,2,6H2. The van der Waals surface area contributed by atoms with Gasteiger partial charge in [-0.3, -0.25) is 4.79 Å².